The van der Waals surface area contributed by atoms with Crippen LogP contribution in [0.3, 0.4) is 0 Å². The quantitative estimate of drug-likeness (QED) is 0.791. The summed E-state index contributed by atoms with van der Waals surface area (Å²) in [5.41, 5.74) is 8.40. The van der Waals surface area contributed by atoms with Gasteiger partial charge in [0.25, 0.3) is 0 Å². The molecule has 0 bridgehead atoms. The van der Waals surface area contributed by atoms with Crippen LogP contribution in [-0.4, -0.2) is 6.04 Å². The smallest absolute Gasteiger partial charge is 0.123 e. The molecule has 2 unspecified atom stereocenters. The SMILES string of the molecule is CCC(N)C(SCc1ccccc1Cl)c1ccc(F)cc1. The van der Waals surface area contributed by atoms with Gasteiger partial charge >= 0.3 is 0 Å². The van der Waals surface area contributed by atoms with Gasteiger partial charge in [0.1, 0.15) is 5.82 Å². The first-order valence-corrected chi connectivity index (χ1v) is 8.40. The minimum absolute atomic E-state index is 0.0305. The molecule has 1 nitrogen and oxygen atoms in total. The van der Waals surface area contributed by atoms with Crippen molar-refractivity contribution in [1.29, 1.82) is 0 Å². The van der Waals surface area contributed by atoms with E-state index in [-0.39, 0.29) is 17.1 Å². The fourth-order valence-electron chi connectivity index (χ4n) is 2.13. The van der Waals surface area contributed by atoms with Crippen LogP contribution < -0.4 is 5.73 Å². The third-order valence-corrected chi connectivity index (χ3v) is 5.26. The Morgan fingerprint density at radius 3 is 2.43 bits per heavy atom. The monoisotopic (exact) mass is 323 g/mol. The summed E-state index contributed by atoms with van der Waals surface area (Å²) in [5, 5.41) is 0.903. The summed E-state index contributed by atoms with van der Waals surface area (Å²) >= 11 is 7.94. The molecule has 4 heteroatoms. The Morgan fingerprint density at radius 2 is 1.81 bits per heavy atom. The Bertz CT molecular complexity index is 573. The van der Waals surface area contributed by atoms with Gasteiger partial charge in [-0.2, -0.15) is 0 Å². The minimum Gasteiger partial charge on any atom is -0.326 e. The van der Waals surface area contributed by atoms with Crippen LogP contribution in [0.4, 0.5) is 4.39 Å². The first kappa shape index (κ1) is 16.3. The molecule has 0 heterocycles. The zero-order valence-electron chi connectivity index (χ0n) is 11.9. The van der Waals surface area contributed by atoms with E-state index in [0.717, 1.165) is 28.3 Å². The molecule has 21 heavy (non-hydrogen) atoms. The van der Waals surface area contributed by atoms with Crippen LogP contribution in [0, 0.1) is 5.82 Å². The normalized spacial score (nSPS) is 13.9. The van der Waals surface area contributed by atoms with Crippen molar-refractivity contribution in [3.8, 4) is 0 Å². The van der Waals surface area contributed by atoms with Crippen LogP contribution >= 0.6 is 23.4 Å². The number of hydrogen-bond acceptors (Lipinski definition) is 2. The topological polar surface area (TPSA) is 26.0 Å². The molecule has 0 radical (unpaired) electrons. The lowest BCUT2D eigenvalue weighted by Gasteiger charge is -2.23. The fraction of sp³-hybridized carbons (Fsp3) is 0.294. The van der Waals surface area contributed by atoms with Crippen molar-refractivity contribution in [2.75, 3.05) is 0 Å². The van der Waals surface area contributed by atoms with Gasteiger partial charge in [-0.3, -0.25) is 0 Å². The number of hydrogen-bond donors (Lipinski definition) is 1. The Labute approximate surface area is 134 Å². The first-order valence-electron chi connectivity index (χ1n) is 6.98. The highest BCUT2D eigenvalue weighted by atomic mass is 35.5. The summed E-state index contributed by atoms with van der Waals surface area (Å²) < 4.78 is 13.1. The highest BCUT2D eigenvalue weighted by Gasteiger charge is 2.19. The average molecular weight is 324 g/mol. The summed E-state index contributed by atoms with van der Waals surface area (Å²) in [6.45, 7) is 2.07. The summed E-state index contributed by atoms with van der Waals surface area (Å²) in [4.78, 5) is 0. The predicted octanol–water partition coefficient (Wildman–Crippen LogP) is 5.19. The lowest BCUT2D eigenvalue weighted by molar-refractivity contribution is 0.617. The lowest BCUT2D eigenvalue weighted by Crippen LogP contribution is -2.25. The van der Waals surface area contributed by atoms with Crippen LogP contribution in [0.1, 0.15) is 29.7 Å². The van der Waals surface area contributed by atoms with Crippen molar-refractivity contribution >= 4 is 23.4 Å². The molecule has 2 atom stereocenters. The van der Waals surface area contributed by atoms with Crippen LogP contribution in [0.2, 0.25) is 5.02 Å². The second-order valence-electron chi connectivity index (χ2n) is 4.95. The standard InChI is InChI=1S/C17H19ClFNS/c1-2-16(20)17(12-7-9-14(19)10-8-12)21-11-13-5-3-4-6-15(13)18/h3-10,16-17H,2,11,20H2,1H3. The van der Waals surface area contributed by atoms with E-state index in [0.29, 0.717) is 0 Å². The molecule has 2 N–H and O–H groups in total. The van der Waals surface area contributed by atoms with E-state index in [2.05, 4.69) is 6.92 Å². The van der Waals surface area contributed by atoms with Gasteiger partial charge in [-0.25, -0.2) is 4.39 Å². The highest BCUT2D eigenvalue weighted by Crippen LogP contribution is 2.36. The number of benzene rings is 2. The zero-order chi connectivity index (χ0) is 15.2. The zero-order valence-corrected chi connectivity index (χ0v) is 13.5. The van der Waals surface area contributed by atoms with Crippen LogP contribution in [0.25, 0.3) is 0 Å². The molecule has 0 amide bonds. The highest BCUT2D eigenvalue weighted by molar-refractivity contribution is 7.98. The number of rotatable bonds is 6. The van der Waals surface area contributed by atoms with Crippen LogP contribution in [0.5, 0.6) is 0 Å². The molecule has 2 aromatic rings. The van der Waals surface area contributed by atoms with Gasteiger partial charge in [-0.1, -0.05) is 48.9 Å². The van der Waals surface area contributed by atoms with Gasteiger partial charge < -0.3 is 5.73 Å². The molecule has 0 aromatic heterocycles. The van der Waals surface area contributed by atoms with E-state index in [1.165, 1.54) is 12.1 Å². The molecule has 0 saturated carbocycles. The van der Waals surface area contributed by atoms with E-state index < -0.39 is 0 Å². The van der Waals surface area contributed by atoms with Crippen molar-refractivity contribution in [2.45, 2.75) is 30.4 Å². The van der Waals surface area contributed by atoms with Gasteiger partial charge in [-0.05, 0) is 35.7 Å². The number of thioether (sulfide) groups is 1. The van der Waals surface area contributed by atoms with Crippen molar-refractivity contribution in [3.05, 3.63) is 70.5 Å². The Morgan fingerprint density at radius 1 is 1.14 bits per heavy atom. The molecule has 0 aliphatic rings. The van der Waals surface area contributed by atoms with E-state index in [4.69, 9.17) is 17.3 Å². The Hall–Kier alpha value is -1.03. The average Bonchev–Trinajstić information content (AvgIpc) is 2.50. The number of nitrogens with two attached hydrogens (primary N) is 1. The molecule has 0 spiro atoms. The van der Waals surface area contributed by atoms with Crippen LogP contribution in [-0.2, 0) is 5.75 Å². The van der Waals surface area contributed by atoms with Gasteiger partial charge in [-0.15, -0.1) is 11.8 Å². The minimum atomic E-state index is -0.223. The molecule has 2 aromatic carbocycles. The maximum atomic E-state index is 13.1. The molecular weight excluding hydrogens is 305 g/mol. The molecular formula is C17H19ClFNS. The molecule has 0 aliphatic carbocycles. The summed E-state index contributed by atoms with van der Waals surface area (Å²) in [6.07, 6.45) is 0.873. The van der Waals surface area contributed by atoms with Gasteiger partial charge in [0, 0.05) is 22.1 Å². The van der Waals surface area contributed by atoms with E-state index in [1.807, 2.05) is 36.4 Å². The van der Waals surface area contributed by atoms with Crippen molar-refractivity contribution in [3.63, 3.8) is 0 Å². The molecule has 2 rings (SSSR count). The second-order valence-corrected chi connectivity index (χ2v) is 6.48. The van der Waals surface area contributed by atoms with Gasteiger partial charge in [0.05, 0.1) is 0 Å². The molecule has 112 valence electrons. The largest absolute Gasteiger partial charge is 0.326 e. The summed E-state index contributed by atoms with van der Waals surface area (Å²) in [7, 11) is 0. The van der Waals surface area contributed by atoms with E-state index in [9.17, 15) is 4.39 Å². The molecule has 0 fully saturated rings. The maximum Gasteiger partial charge on any atom is 0.123 e. The second kappa shape index (κ2) is 7.83. The van der Waals surface area contributed by atoms with E-state index in [1.54, 1.807) is 11.8 Å². The van der Waals surface area contributed by atoms with Gasteiger partial charge in [0.15, 0.2) is 0 Å². The van der Waals surface area contributed by atoms with E-state index >= 15 is 0 Å². The maximum absolute atomic E-state index is 13.1. The van der Waals surface area contributed by atoms with Crippen molar-refractivity contribution in [2.24, 2.45) is 5.73 Å². The Kier molecular flexibility index (Phi) is 6.09. The van der Waals surface area contributed by atoms with Crippen molar-refractivity contribution < 1.29 is 4.39 Å². The predicted molar refractivity (Wildman–Crippen MR) is 90.2 cm³/mol. The summed E-state index contributed by atoms with van der Waals surface area (Å²) in [6, 6.07) is 14.5. The van der Waals surface area contributed by atoms with Crippen molar-refractivity contribution in [1.82, 2.24) is 0 Å². The summed E-state index contributed by atoms with van der Waals surface area (Å²) in [5.74, 6) is 0.564. The first-order chi connectivity index (χ1) is 10.1. The molecule has 0 saturated heterocycles. The lowest BCUT2D eigenvalue weighted by atomic mass is 10.0. The molecule has 0 aliphatic heterocycles. The third-order valence-electron chi connectivity index (χ3n) is 3.44. The fourth-order valence-corrected chi connectivity index (χ4v) is 3.81. The number of halogens is 2. The Balaban J connectivity index is 2.14. The van der Waals surface area contributed by atoms with Gasteiger partial charge in [0.2, 0.25) is 0 Å². The van der Waals surface area contributed by atoms with Crippen LogP contribution in [0.15, 0.2) is 48.5 Å². The third kappa shape index (κ3) is 4.47.